The zero-order chi connectivity index (χ0) is 11.8. The van der Waals surface area contributed by atoms with Crippen LogP contribution in [0.15, 0.2) is 0 Å². The van der Waals surface area contributed by atoms with E-state index in [1.807, 2.05) is 4.68 Å². The molecule has 94 valence electrons. The van der Waals surface area contributed by atoms with Gasteiger partial charge in [0.1, 0.15) is 5.82 Å². The predicted molar refractivity (Wildman–Crippen MR) is 63.7 cm³/mol. The Morgan fingerprint density at radius 2 is 2.24 bits per heavy atom. The molecule has 2 aliphatic rings. The van der Waals surface area contributed by atoms with Gasteiger partial charge in [-0.2, -0.15) is 5.10 Å². The van der Waals surface area contributed by atoms with E-state index in [1.165, 1.54) is 19.4 Å². The Morgan fingerprint density at radius 3 is 3.00 bits per heavy atom. The predicted octanol–water partition coefficient (Wildman–Crippen LogP) is 0.222. The van der Waals surface area contributed by atoms with Crippen molar-refractivity contribution in [1.82, 2.24) is 19.7 Å². The second-order valence-electron chi connectivity index (χ2n) is 5.29. The number of likely N-dealkylation sites (N-methyl/N-ethyl adjacent to an activating group) is 1. The fourth-order valence-corrected chi connectivity index (χ4v) is 2.87. The maximum atomic E-state index is 9.60. The van der Waals surface area contributed by atoms with Crippen molar-refractivity contribution in [2.24, 2.45) is 0 Å². The summed E-state index contributed by atoms with van der Waals surface area (Å²) >= 11 is 0. The quantitative estimate of drug-likeness (QED) is 0.798. The number of aromatic nitrogens is 3. The first kappa shape index (κ1) is 11.2. The zero-order valence-electron chi connectivity index (χ0n) is 10.3. The number of hydrogen-bond acceptors (Lipinski definition) is 4. The maximum absolute atomic E-state index is 9.60. The largest absolute Gasteiger partial charge is 0.393 e. The van der Waals surface area contributed by atoms with E-state index in [-0.39, 0.29) is 6.10 Å². The summed E-state index contributed by atoms with van der Waals surface area (Å²) in [7, 11) is 2.18. The molecule has 1 aromatic heterocycles. The van der Waals surface area contributed by atoms with Gasteiger partial charge >= 0.3 is 0 Å². The molecule has 0 saturated carbocycles. The van der Waals surface area contributed by atoms with E-state index >= 15 is 0 Å². The van der Waals surface area contributed by atoms with Gasteiger partial charge in [-0.25, -0.2) is 9.67 Å². The number of fused-ring (bicyclic) bond motifs is 1. The van der Waals surface area contributed by atoms with Gasteiger partial charge in [0.05, 0.1) is 6.10 Å². The van der Waals surface area contributed by atoms with Crippen LogP contribution in [-0.2, 0) is 19.4 Å². The first-order chi connectivity index (χ1) is 8.22. The van der Waals surface area contributed by atoms with E-state index in [0.29, 0.717) is 12.5 Å². The molecule has 2 atom stereocenters. The first-order valence-electron chi connectivity index (χ1n) is 6.53. The van der Waals surface area contributed by atoms with Crippen molar-refractivity contribution in [1.29, 1.82) is 0 Å². The first-order valence-corrected chi connectivity index (χ1v) is 6.53. The molecule has 5 nitrogen and oxygen atoms in total. The minimum absolute atomic E-state index is 0.228. The average molecular weight is 236 g/mol. The van der Waals surface area contributed by atoms with E-state index in [4.69, 9.17) is 0 Å². The Kier molecular flexibility index (Phi) is 2.88. The van der Waals surface area contributed by atoms with Crippen LogP contribution < -0.4 is 0 Å². The second-order valence-corrected chi connectivity index (χ2v) is 5.29. The van der Waals surface area contributed by atoms with E-state index in [9.17, 15) is 5.11 Å². The fourth-order valence-electron chi connectivity index (χ4n) is 2.87. The van der Waals surface area contributed by atoms with Crippen molar-refractivity contribution < 1.29 is 5.11 Å². The second kappa shape index (κ2) is 4.38. The molecule has 1 saturated heterocycles. The number of aryl methyl sites for hydroxylation is 1. The summed E-state index contributed by atoms with van der Waals surface area (Å²) in [5, 5.41) is 14.2. The topological polar surface area (TPSA) is 54.2 Å². The molecule has 0 amide bonds. The summed E-state index contributed by atoms with van der Waals surface area (Å²) in [6.07, 6.45) is 4.73. The molecule has 2 unspecified atom stereocenters. The van der Waals surface area contributed by atoms with Gasteiger partial charge in [0.25, 0.3) is 0 Å². The van der Waals surface area contributed by atoms with Gasteiger partial charge in [-0.05, 0) is 32.9 Å². The van der Waals surface area contributed by atoms with E-state index in [1.54, 1.807) is 0 Å². The summed E-state index contributed by atoms with van der Waals surface area (Å²) in [5.41, 5.74) is 0. The van der Waals surface area contributed by atoms with Crippen LogP contribution in [0.3, 0.4) is 0 Å². The molecule has 0 aromatic carbocycles. The van der Waals surface area contributed by atoms with Gasteiger partial charge in [-0.3, -0.25) is 0 Å². The van der Waals surface area contributed by atoms with Crippen molar-refractivity contribution in [2.45, 2.75) is 50.8 Å². The third-order valence-corrected chi connectivity index (χ3v) is 3.97. The van der Waals surface area contributed by atoms with Crippen LogP contribution >= 0.6 is 0 Å². The standard InChI is InChI=1S/C12H20N4O/c1-15-5-2-3-9(15)7-11-13-12-8-10(17)4-6-16(12)14-11/h9-10,17H,2-8H2,1H3. The number of likely N-dealkylation sites (tertiary alicyclic amines) is 1. The van der Waals surface area contributed by atoms with Crippen LogP contribution in [0.4, 0.5) is 0 Å². The molecule has 1 aromatic rings. The van der Waals surface area contributed by atoms with Gasteiger partial charge in [-0.1, -0.05) is 0 Å². The number of hydrogen-bond donors (Lipinski definition) is 1. The van der Waals surface area contributed by atoms with Crippen molar-refractivity contribution in [3.05, 3.63) is 11.6 Å². The molecule has 3 heterocycles. The lowest BCUT2D eigenvalue weighted by atomic mass is 10.1. The zero-order valence-corrected chi connectivity index (χ0v) is 10.3. The van der Waals surface area contributed by atoms with Crippen molar-refractivity contribution in [3.8, 4) is 0 Å². The number of nitrogens with zero attached hydrogens (tertiary/aromatic N) is 4. The summed E-state index contributed by atoms with van der Waals surface area (Å²) in [6, 6.07) is 0.601. The molecule has 0 spiro atoms. The van der Waals surface area contributed by atoms with Crippen LogP contribution in [-0.4, -0.2) is 50.5 Å². The number of aliphatic hydroxyl groups is 1. The average Bonchev–Trinajstić information content (AvgIpc) is 2.85. The van der Waals surface area contributed by atoms with Gasteiger partial charge in [-0.15, -0.1) is 0 Å². The molecular formula is C12H20N4O. The van der Waals surface area contributed by atoms with Crippen molar-refractivity contribution in [2.75, 3.05) is 13.6 Å². The molecule has 1 fully saturated rings. The van der Waals surface area contributed by atoms with Crippen molar-refractivity contribution >= 4 is 0 Å². The van der Waals surface area contributed by atoms with Gasteiger partial charge in [0, 0.05) is 25.4 Å². The summed E-state index contributed by atoms with van der Waals surface area (Å²) in [5.74, 6) is 1.91. The van der Waals surface area contributed by atoms with Gasteiger partial charge in [0.2, 0.25) is 0 Å². The Labute approximate surface area is 101 Å². The molecule has 2 aliphatic heterocycles. The number of rotatable bonds is 2. The monoisotopic (exact) mass is 236 g/mol. The smallest absolute Gasteiger partial charge is 0.152 e. The Morgan fingerprint density at radius 1 is 1.35 bits per heavy atom. The van der Waals surface area contributed by atoms with E-state index in [2.05, 4.69) is 22.0 Å². The van der Waals surface area contributed by atoms with Gasteiger partial charge in [0.15, 0.2) is 5.82 Å². The molecule has 0 radical (unpaired) electrons. The third kappa shape index (κ3) is 2.21. The van der Waals surface area contributed by atoms with Gasteiger partial charge < -0.3 is 10.0 Å². The number of aliphatic hydroxyl groups excluding tert-OH is 1. The summed E-state index contributed by atoms with van der Waals surface area (Å²) in [6.45, 7) is 2.00. The SMILES string of the molecule is CN1CCCC1Cc1nc2n(n1)CCC(O)C2. The summed E-state index contributed by atoms with van der Waals surface area (Å²) < 4.78 is 1.97. The highest BCUT2D eigenvalue weighted by molar-refractivity contribution is 5.00. The molecular weight excluding hydrogens is 216 g/mol. The highest BCUT2D eigenvalue weighted by atomic mass is 16.3. The van der Waals surface area contributed by atoms with E-state index in [0.717, 1.165) is 31.0 Å². The Hall–Kier alpha value is -0.940. The Balaban J connectivity index is 1.72. The van der Waals surface area contributed by atoms with Crippen LogP contribution in [0.2, 0.25) is 0 Å². The van der Waals surface area contributed by atoms with Crippen LogP contribution in [0.25, 0.3) is 0 Å². The summed E-state index contributed by atoms with van der Waals surface area (Å²) in [4.78, 5) is 6.96. The minimum Gasteiger partial charge on any atom is -0.393 e. The maximum Gasteiger partial charge on any atom is 0.152 e. The van der Waals surface area contributed by atoms with Crippen LogP contribution in [0, 0.1) is 0 Å². The van der Waals surface area contributed by atoms with Crippen LogP contribution in [0.1, 0.15) is 30.9 Å². The van der Waals surface area contributed by atoms with E-state index < -0.39 is 0 Å². The molecule has 0 bridgehead atoms. The lowest BCUT2D eigenvalue weighted by Gasteiger charge is -2.17. The van der Waals surface area contributed by atoms with Crippen LogP contribution in [0.5, 0.6) is 0 Å². The lowest BCUT2D eigenvalue weighted by Crippen LogP contribution is -2.27. The molecule has 1 N–H and O–H groups in total. The minimum atomic E-state index is -0.228. The molecule has 17 heavy (non-hydrogen) atoms. The molecule has 3 rings (SSSR count). The highest BCUT2D eigenvalue weighted by Gasteiger charge is 2.25. The van der Waals surface area contributed by atoms with Crippen molar-refractivity contribution in [3.63, 3.8) is 0 Å². The third-order valence-electron chi connectivity index (χ3n) is 3.97. The fraction of sp³-hybridized carbons (Fsp3) is 0.833. The molecule has 5 heteroatoms. The Bertz CT molecular complexity index is 403. The molecule has 0 aliphatic carbocycles. The lowest BCUT2D eigenvalue weighted by molar-refractivity contribution is 0.138. The highest BCUT2D eigenvalue weighted by Crippen LogP contribution is 2.19. The normalized spacial score (nSPS) is 29.5.